The van der Waals surface area contributed by atoms with Gasteiger partial charge in [0.1, 0.15) is 5.82 Å². The highest BCUT2D eigenvalue weighted by Gasteiger charge is 2.31. The van der Waals surface area contributed by atoms with Crippen LogP contribution in [0, 0.1) is 11.2 Å². The molecule has 2 aromatic carbocycles. The summed E-state index contributed by atoms with van der Waals surface area (Å²) in [6.45, 7) is 8.44. The van der Waals surface area contributed by atoms with Gasteiger partial charge in [0.25, 0.3) is 0 Å². The third-order valence-electron chi connectivity index (χ3n) is 6.89. The number of amides is 2. The molecule has 7 heteroatoms. The van der Waals surface area contributed by atoms with Crippen molar-refractivity contribution in [2.24, 2.45) is 5.41 Å². The first-order valence-electron chi connectivity index (χ1n) is 12.9. The van der Waals surface area contributed by atoms with Gasteiger partial charge in [-0.1, -0.05) is 63.2 Å². The van der Waals surface area contributed by atoms with E-state index in [-0.39, 0.29) is 30.1 Å². The summed E-state index contributed by atoms with van der Waals surface area (Å²) in [5.74, 6) is -0.377. The topological polar surface area (TPSA) is 81.7 Å². The zero-order chi connectivity index (χ0) is 26.2. The van der Waals surface area contributed by atoms with E-state index < -0.39 is 11.0 Å². The van der Waals surface area contributed by atoms with Crippen LogP contribution in [0.1, 0.15) is 57.6 Å². The number of carbonyl (C=O) groups is 2. The van der Waals surface area contributed by atoms with Crippen LogP contribution in [-0.2, 0) is 21.6 Å². The Balaban J connectivity index is 1.47. The molecule has 196 valence electrons. The van der Waals surface area contributed by atoms with Gasteiger partial charge in [-0.05, 0) is 48.9 Å². The largest absolute Gasteiger partial charge is 0.385 e. The second-order valence-electron chi connectivity index (χ2n) is 10.9. The van der Waals surface area contributed by atoms with Crippen molar-refractivity contribution in [1.29, 1.82) is 0 Å². The van der Waals surface area contributed by atoms with E-state index in [0.29, 0.717) is 19.4 Å². The zero-order valence-corrected chi connectivity index (χ0v) is 21.7. The number of benzene rings is 2. The molecule has 1 unspecified atom stereocenters. The monoisotopic (exact) mass is 497 g/mol. The molecule has 1 aliphatic rings. The number of hydrogen-bond acceptors (Lipinski definition) is 4. The molecule has 6 nitrogen and oxygen atoms in total. The SMILES string of the molecule is CC(C)(C)C(=O)NCCC(O)(CCN1CCC(NC(=O)Cc2ccc(F)cc2)CC1)c1ccccc1. The standard InChI is InChI=1S/C29H40FN3O3/c1-28(2,3)27(35)31-17-15-29(36,23-7-5-4-6-8-23)16-20-33-18-13-25(14-19-33)32-26(34)21-22-9-11-24(30)12-10-22/h4-12,25,36H,13-21H2,1-3H3,(H,31,35)(H,32,34). The molecule has 2 amide bonds. The van der Waals surface area contributed by atoms with Crippen LogP contribution in [-0.4, -0.2) is 54.0 Å². The van der Waals surface area contributed by atoms with E-state index in [0.717, 1.165) is 43.6 Å². The molecular formula is C29H40FN3O3. The molecule has 0 radical (unpaired) electrons. The average molecular weight is 498 g/mol. The van der Waals surface area contributed by atoms with Gasteiger partial charge in [0.2, 0.25) is 11.8 Å². The fourth-order valence-corrected chi connectivity index (χ4v) is 4.52. The van der Waals surface area contributed by atoms with Crippen molar-refractivity contribution >= 4 is 11.8 Å². The molecule has 1 heterocycles. The van der Waals surface area contributed by atoms with Crippen LogP contribution >= 0.6 is 0 Å². The van der Waals surface area contributed by atoms with Crippen molar-refractivity contribution < 1.29 is 19.1 Å². The molecule has 0 bridgehead atoms. The van der Waals surface area contributed by atoms with Crippen molar-refractivity contribution in [3.05, 3.63) is 71.5 Å². The van der Waals surface area contributed by atoms with Gasteiger partial charge in [0.15, 0.2) is 0 Å². The summed E-state index contributed by atoms with van der Waals surface area (Å²) in [7, 11) is 0. The Morgan fingerprint density at radius 2 is 1.64 bits per heavy atom. The summed E-state index contributed by atoms with van der Waals surface area (Å²) in [6.07, 6.45) is 2.94. The van der Waals surface area contributed by atoms with Crippen LogP contribution in [0.2, 0.25) is 0 Å². The second-order valence-corrected chi connectivity index (χ2v) is 10.9. The number of hydrogen-bond donors (Lipinski definition) is 3. The highest BCUT2D eigenvalue weighted by molar-refractivity contribution is 5.81. The van der Waals surface area contributed by atoms with E-state index in [9.17, 15) is 19.1 Å². The van der Waals surface area contributed by atoms with E-state index in [1.165, 1.54) is 12.1 Å². The van der Waals surface area contributed by atoms with Crippen LogP contribution < -0.4 is 10.6 Å². The van der Waals surface area contributed by atoms with E-state index >= 15 is 0 Å². The smallest absolute Gasteiger partial charge is 0.225 e. The van der Waals surface area contributed by atoms with E-state index in [4.69, 9.17) is 0 Å². The summed E-state index contributed by atoms with van der Waals surface area (Å²) >= 11 is 0. The van der Waals surface area contributed by atoms with Crippen molar-refractivity contribution in [3.8, 4) is 0 Å². The molecule has 0 aromatic heterocycles. The maximum atomic E-state index is 13.1. The van der Waals surface area contributed by atoms with Crippen LogP contribution in [0.25, 0.3) is 0 Å². The molecular weight excluding hydrogens is 457 g/mol. The number of nitrogens with one attached hydrogen (secondary N) is 2. The number of halogens is 1. The first-order chi connectivity index (χ1) is 17.0. The van der Waals surface area contributed by atoms with Gasteiger partial charge in [-0.15, -0.1) is 0 Å². The molecule has 3 rings (SSSR count). The van der Waals surface area contributed by atoms with Crippen LogP contribution in [0.5, 0.6) is 0 Å². The minimum absolute atomic E-state index is 0.0264. The number of carbonyl (C=O) groups excluding carboxylic acids is 2. The minimum atomic E-state index is -1.04. The molecule has 1 saturated heterocycles. The second kappa shape index (κ2) is 12.5. The van der Waals surface area contributed by atoms with Gasteiger partial charge >= 0.3 is 0 Å². The lowest BCUT2D eigenvalue weighted by Crippen LogP contribution is -2.46. The van der Waals surface area contributed by atoms with Gasteiger partial charge in [0.05, 0.1) is 12.0 Å². The molecule has 0 aliphatic carbocycles. The summed E-state index contributed by atoms with van der Waals surface area (Å²) < 4.78 is 13.1. The normalized spacial score (nSPS) is 16.8. The van der Waals surface area contributed by atoms with Crippen molar-refractivity contribution in [2.75, 3.05) is 26.2 Å². The third-order valence-corrected chi connectivity index (χ3v) is 6.89. The Kier molecular flexibility index (Phi) is 9.63. The Hall–Kier alpha value is -2.77. The fraction of sp³-hybridized carbons (Fsp3) is 0.517. The zero-order valence-electron chi connectivity index (χ0n) is 21.7. The van der Waals surface area contributed by atoms with Gasteiger partial charge < -0.3 is 20.6 Å². The summed E-state index contributed by atoms with van der Waals surface area (Å²) in [5, 5.41) is 17.7. The van der Waals surface area contributed by atoms with Crippen LogP contribution in [0.3, 0.4) is 0 Å². The maximum absolute atomic E-state index is 13.1. The van der Waals surface area contributed by atoms with E-state index in [1.54, 1.807) is 12.1 Å². The lowest BCUT2D eigenvalue weighted by Gasteiger charge is -2.36. The van der Waals surface area contributed by atoms with Gasteiger partial charge in [0, 0.05) is 37.6 Å². The van der Waals surface area contributed by atoms with Crippen molar-refractivity contribution in [3.63, 3.8) is 0 Å². The highest BCUT2D eigenvalue weighted by atomic mass is 19.1. The number of aliphatic hydroxyl groups is 1. The molecule has 1 fully saturated rings. The van der Waals surface area contributed by atoms with Gasteiger partial charge in [-0.3, -0.25) is 9.59 Å². The lowest BCUT2D eigenvalue weighted by atomic mass is 9.86. The van der Waals surface area contributed by atoms with Gasteiger partial charge in [-0.25, -0.2) is 4.39 Å². The summed E-state index contributed by atoms with van der Waals surface area (Å²) in [4.78, 5) is 27.0. The maximum Gasteiger partial charge on any atom is 0.225 e. The molecule has 1 atom stereocenters. The predicted octanol–water partition coefficient (Wildman–Crippen LogP) is 3.78. The van der Waals surface area contributed by atoms with Crippen LogP contribution in [0.15, 0.2) is 54.6 Å². The van der Waals surface area contributed by atoms with E-state index in [1.807, 2.05) is 51.1 Å². The van der Waals surface area contributed by atoms with E-state index in [2.05, 4.69) is 15.5 Å². The molecule has 36 heavy (non-hydrogen) atoms. The van der Waals surface area contributed by atoms with Crippen LogP contribution in [0.4, 0.5) is 4.39 Å². The van der Waals surface area contributed by atoms with Gasteiger partial charge in [-0.2, -0.15) is 0 Å². The minimum Gasteiger partial charge on any atom is -0.385 e. The Bertz CT molecular complexity index is 983. The Morgan fingerprint density at radius 3 is 2.25 bits per heavy atom. The number of piperidine rings is 1. The number of likely N-dealkylation sites (tertiary alicyclic amines) is 1. The third kappa shape index (κ3) is 8.42. The average Bonchev–Trinajstić information content (AvgIpc) is 2.85. The lowest BCUT2D eigenvalue weighted by molar-refractivity contribution is -0.128. The number of rotatable bonds is 10. The summed E-state index contributed by atoms with van der Waals surface area (Å²) in [6, 6.07) is 15.8. The Labute approximate surface area is 214 Å². The molecule has 0 spiro atoms. The summed E-state index contributed by atoms with van der Waals surface area (Å²) in [5.41, 5.74) is 0.152. The molecule has 2 aromatic rings. The molecule has 3 N–H and O–H groups in total. The van der Waals surface area contributed by atoms with Crippen molar-refractivity contribution in [1.82, 2.24) is 15.5 Å². The fourth-order valence-electron chi connectivity index (χ4n) is 4.52. The highest BCUT2D eigenvalue weighted by Crippen LogP contribution is 2.29. The molecule has 0 saturated carbocycles. The quantitative estimate of drug-likeness (QED) is 0.467. The Morgan fingerprint density at radius 1 is 1.00 bits per heavy atom. The first kappa shape index (κ1) is 27.8. The molecule has 1 aliphatic heterocycles. The predicted molar refractivity (Wildman–Crippen MR) is 140 cm³/mol. The van der Waals surface area contributed by atoms with Crippen molar-refractivity contribution in [2.45, 2.75) is 64.5 Å². The first-order valence-corrected chi connectivity index (χ1v) is 12.9. The number of nitrogens with zero attached hydrogens (tertiary/aromatic N) is 1.